The fraction of sp³-hybridized carbons (Fsp3) is 0.778. The van der Waals surface area contributed by atoms with Crippen molar-refractivity contribution < 1.29 is 9.59 Å². The highest BCUT2D eigenvalue weighted by Gasteiger charge is 2.22. The number of carbonyl (C=O) groups excluding carboxylic acids is 2. The molecule has 0 saturated carbocycles. The zero-order valence-corrected chi connectivity index (χ0v) is 10.9. The van der Waals surface area contributed by atoms with Gasteiger partial charge in [-0.05, 0) is 6.92 Å². The minimum absolute atomic E-state index is 0. The normalized spacial score (nSPS) is 20.1. The summed E-state index contributed by atoms with van der Waals surface area (Å²) in [5, 5.41) is 3.22. The van der Waals surface area contributed by atoms with Crippen LogP contribution in [0.1, 0.15) is 6.92 Å². The Morgan fingerprint density at radius 1 is 1.50 bits per heavy atom. The Morgan fingerprint density at radius 3 is 2.75 bits per heavy atom. The summed E-state index contributed by atoms with van der Waals surface area (Å²) in [4.78, 5) is 24.1. The molecule has 94 valence electrons. The van der Waals surface area contributed by atoms with E-state index in [4.69, 9.17) is 5.73 Å². The Labute approximate surface area is 106 Å². The van der Waals surface area contributed by atoms with Gasteiger partial charge in [0.1, 0.15) is 0 Å². The van der Waals surface area contributed by atoms with Crippen LogP contribution in [0, 0.1) is 0 Å². The van der Waals surface area contributed by atoms with E-state index in [9.17, 15) is 9.59 Å². The second-order valence-corrected chi connectivity index (χ2v) is 4.58. The number of nitrogens with one attached hydrogen (secondary N) is 1. The van der Waals surface area contributed by atoms with Crippen molar-refractivity contribution in [1.29, 1.82) is 0 Å². The van der Waals surface area contributed by atoms with E-state index in [0.717, 1.165) is 19.6 Å². The van der Waals surface area contributed by atoms with Crippen molar-refractivity contribution in [2.24, 2.45) is 5.73 Å². The number of rotatable bonds is 4. The largest absolute Gasteiger partial charge is 0.369 e. The van der Waals surface area contributed by atoms with E-state index in [1.807, 2.05) is 11.8 Å². The first-order chi connectivity index (χ1) is 7.11. The van der Waals surface area contributed by atoms with E-state index in [0.29, 0.717) is 5.75 Å². The van der Waals surface area contributed by atoms with Gasteiger partial charge in [-0.25, -0.2) is 0 Å². The molecule has 2 amide bonds. The third-order valence-electron chi connectivity index (χ3n) is 2.29. The van der Waals surface area contributed by atoms with Gasteiger partial charge in [-0.15, -0.1) is 24.2 Å². The highest BCUT2D eigenvalue weighted by molar-refractivity contribution is 8.00. The lowest BCUT2D eigenvalue weighted by molar-refractivity contribution is -0.131. The van der Waals surface area contributed by atoms with Crippen LogP contribution < -0.4 is 11.1 Å². The van der Waals surface area contributed by atoms with E-state index in [-0.39, 0.29) is 36.0 Å². The van der Waals surface area contributed by atoms with Crippen LogP contribution in [0.4, 0.5) is 0 Å². The lowest BCUT2D eigenvalue weighted by Crippen LogP contribution is -2.52. The maximum atomic E-state index is 11.7. The Bertz CT molecular complexity index is 253. The summed E-state index contributed by atoms with van der Waals surface area (Å²) >= 11 is 1.28. The van der Waals surface area contributed by atoms with Crippen molar-refractivity contribution in [2.75, 3.05) is 31.1 Å². The van der Waals surface area contributed by atoms with Crippen molar-refractivity contribution in [2.45, 2.75) is 13.0 Å². The van der Waals surface area contributed by atoms with Gasteiger partial charge in [0.15, 0.2) is 0 Å². The minimum atomic E-state index is -0.374. The highest BCUT2D eigenvalue weighted by Crippen LogP contribution is 2.07. The zero-order valence-electron chi connectivity index (χ0n) is 9.27. The molecule has 0 bridgehead atoms. The third-order valence-corrected chi connectivity index (χ3v) is 3.23. The topological polar surface area (TPSA) is 75.4 Å². The molecule has 0 aromatic heterocycles. The van der Waals surface area contributed by atoms with Crippen molar-refractivity contribution in [3.8, 4) is 0 Å². The molecule has 7 heteroatoms. The molecule has 1 aliphatic rings. The number of nitrogens with zero attached hydrogens (tertiary/aromatic N) is 1. The Morgan fingerprint density at radius 2 is 2.19 bits per heavy atom. The summed E-state index contributed by atoms with van der Waals surface area (Å²) in [6.45, 7) is 4.45. The first-order valence-corrected chi connectivity index (χ1v) is 6.13. The first kappa shape index (κ1) is 15.5. The summed E-state index contributed by atoms with van der Waals surface area (Å²) in [6, 6.07) is 0.237. The molecule has 0 aromatic rings. The van der Waals surface area contributed by atoms with Crippen molar-refractivity contribution in [3.63, 3.8) is 0 Å². The molecule has 1 atom stereocenters. The van der Waals surface area contributed by atoms with Crippen molar-refractivity contribution in [1.82, 2.24) is 10.2 Å². The number of amides is 2. The average Bonchev–Trinajstić information content (AvgIpc) is 2.17. The molecule has 5 nitrogen and oxygen atoms in total. The van der Waals surface area contributed by atoms with E-state index in [1.165, 1.54) is 11.8 Å². The number of hydrogen-bond donors (Lipinski definition) is 2. The van der Waals surface area contributed by atoms with Gasteiger partial charge in [-0.3, -0.25) is 9.59 Å². The molecular formula is C9H18ClN3O2S. The standard InChI is InChI=1S/C9H17N3O2S.ClH/c1-7-4-11-2-3-12(7)9(14)6-15-5-8(10)13;/h7,11H,2-6H2,1H3,(H2,10,13);1H. The van der Waals surface area contributed by atoms with Crippen LogP contribution in [0.2, 0.25) is 0 Å². The second kappa shape index (κ2) is 7.76. The molecule has 0 aliphatic carbocycles. The van der Waals surface area contributed by atoms with E-state index in [2.05, 4.69) is 5.32 Å². The van der Waals surface area contributed by atoms with Gasteiger partial charge >= 0.3 is 0 Å². The second-order valence-electron chi connectivity index (χ2n) is 3.60. The summed E-state index contributed by atoms with van der Waals surface area (Å²) in [6.07, 6.45) is 0. The number of piperazine rings is 1. The molecule has 3 N–H and O–H groups in total. The van der Waals surface area contributed by atoms with Crippen LogP contribution in [0.5, 0.6) is 0 Å². The van der Waals surface area contributed by atoms with Crippen LogP contribution in [-0.4, -0.2) is 53.9 Å². The van der Waals surface area contributed by atoms with Gasteiger partial charge < -0.3 is 16.0 Å². The van der Waals surface area contributed by atoms with Gasteiger partial charge in [0.25, 0.3) is 0 Å². The van der Waals surface area contributed by atoms with Gasteiger partial charge in [0.2, 0.25) is 11.8 Å². The number of thioether (sulfide) groups is 1. The molecule has 16 heavy (non-hydrogen) atoms. The van der Waals surface area contributed by atoms with Crippen LogP contribution in [0.25, 0.3) is 0 Å². The summed E-state index contributed by atoms with van der Waals surface area (Å²) in [5.41, 5.74) is 4.99. The van der Waals surface area contributed by atoms with Gasteiger partial charge in [0, 0.05) is 25.7 Å². The molecule has 1 aliphatic heterocycles. The molecule has 1 heterocycles. The molecule has 0 spiro atoms. The molecule has 0 aromatic carbocycles. The van der Waals surface area contributed by atoms with E-state index in [1.54, 1.807) is 0 Å². The number of carbonyl (C=O) groups is 2. The summed E-state index contributed by atoms with van der Waals surface area (Å²) < 4.78 is 0. The molecule has 1 unspecified atom stereocenters. The average molecular weight is 268 g/mol. The SMILES string of the molecule is CC1CNCCN1C(=O)CSCC(N)=O.Cl. The lowest BCUT2D eigenvalue weighted by Gasteiger charge is -2.33. The number of halogens is 1. The fourth-order valence-corrected chi connectivity index (χ4v) is 2.18. The quantitative estimate of drug-likeness (QED) is 0.717. The van der Waals surface area contributed by atoms with Gasteiger partial charge in [-0.1, -0.05) is 0 Å². The maximum Gasteiger partial charge on any atom is 0.232 e. The molecular weight excluding hydrogens is 250 g/mol. The van der Waals surface area contributed by atoms with E-state index >= 15 is 0 Å². The third kappa shape index (κ3) is 5.05. The lowest BCUT2D eigenvalue weighted by atomic mass is 10.2. The zero-order chi connectivity index (χ0) is 11.3. The minimum Gasteiger partial charge on any atom is -0.369 e. The maximum absolute atomic E-state index is 11.7. The molecule has 1 rings (SSSR count). The fourth-order valence-electron chi connectivity index (χ4n) is 1.53. The van der Waals surface area contributed by atoms with Crippen molar-refractivity contribution >= 4 is 36.0 Å². The van der Waals surface area contributed by atoms with Crippen LogP contribution in [0.15, 0.2) is 0 Å². The predicted octanol–water partition coefficient (Wildman–Crippen LogP) is -0.553. The van der Waals surface area contributed by atoms with Gasteiger partial charge in [0.05, 0.1) is 11.5 Å². The summed E-state index contributed by atoms with van der Waals surface area (Å²) in [7, 11) is 0. The number of primary amides is 1. The molecule has 1 saturated heterocycles. The van der Waals surface area contributed by atoms with Crippen LogP contribution in [-0.2, 0) is 9.59 Å². The number of hydrogen-bond acceptors (Lipinski definition) is 4. The van der Waals surface area contributed by atoms with E-state index < -0.39 is 0 Å². The Hall–Kier alpha value is -0.460. The summed E-state index contributed by atoms with van der Waals surface area (Å²) in [5.74, 6) is 0.274. The monoisotopic (exact) mass is 267 g/mol. The highest BCUT2D eigenvalue weighted by atomic mass is 35.5. The smallest absolute Gasteiger partial charge is 0.232 e. The molecule has 0 radical (unpaired) electrons. The van der Waals surface area contributed by atoms with Crippen LogP contribution >= 0.6 is 24.2 Å². The van der Waals surface area contributed by atoms with Gasteiger partial charge in [-0.2, -0.15) is 0 Å². The number of nitrogens with two attached hydrogens (primary N) is 1. The first-order valence-electron chi connectivity index (χ1n) is 4.97. The molecule has 1 fully saturated rings. The Kier molecular flexibility index (Phi) is 7.53. The van der Waals surface area contributed by atoms with Crippen molar-refractivity contribution in [3.05, 3.63) is 0 Å². The van der Waals surface area contributed by atoms with Crippen LogP contribution in [0.3, 0.4) is 0 Å². The predicted molar refractivity (Wildman–Crippen MR) is 67.8 cm³/mol. The Balaban J connectivity index is 0.00000225.